The highest BCUT2D eigenvalue weighted by atomic mass is 35.5. The predicted octanol–water partition coefficient (Wildman–Crippen LogP) is 4.27. The van der Waals surface area contributed by atoms with Crippen molar-refractivity contribution in [1.82, 2.24) is 25.2 Å². The molecule has 26 heavy (non-hydrogen) atoms. The molecule has 0 aliphatic rings. The first-order valence-electron chi connectivity index (χ1n) is 8.33. The zero-order chi connectivity index (χ0) is 18.0. The molecule has 1 N–H and O–H groups in total. The Bertz CT molecular complexity index is 859. The number of benzene rings is 1. The first-order valence-corrected chi connectivity index (χ1v) is 8.71. The van der Waals surface area contributed by atoms with Gasteiger partial charge < -0.3 is 9.84 Å². The van der Waals surface area contributed by atoms with Crippen molar-refractivity contribution in [3.63, 3.8) is 0 Å². The molecule has 0 saturated carbocycles. The molecule has 0 radical (unpaired) electrons. The molecule has 8 heteroatoms. The fourth-order valence-electron chi connectivity index (χ4n) is 2.71. The van der Waals surface area contributed by atoms with Crippen LogP contribution in [-0.2, 0) is 6.42 Å². The molecule has 1 unspecified atom stereocenters. The Morgan fingerprint density at radius 1 is 1.27 bits per heavy atom. The van der Waals surface area contributed by atoms with Crippen LogP contribution in [0.25, 0.3) is 17.1 Å². The van der Waals surface area contributed by atoms with Gasteiger partial charge in [-0.15, -0.1) is 12.4 Å². The van der Waals surface area contributed by atoms with Crippen molar-refractivity contribution in [1.29, 1.82) is 0 Å². The Hall–Kier alpha value is -1.89. The molecular formula is C18H23Cl2N5O. The fraction of sp³-hybridized carbons (Fsp3) is 0.389. The van der Waals surface area contributed by atoms with Crippen molar-refractivity contribution >= 4 is 24.0 Å². The first kappa shape index (κ1) is 20.4. The molecule has 0 aliphatic heterocycles. The maximum absolute atomic E-state index is 6.13. The summed E-state index contributed by atoms with van der Waals surface area (Å²) < 4.78 is 7.37. The Labute approximate surface area is 164 Å². The van der Waals surface area contributed by atoms with Crippen LogP contribution in [0.1, 0.15) is 38.2 Å². The van der Waals surface area contributed by atoms with E-state index in [0.717, 1.165) is 16.9 Å². The van der Waals surface area contributed by atoms with Crippen molar-refractivity contribution < 1.29 is 4.52 Å². The highest BCUT2D eigenvalue weighted by molar-refractivity contribution is 6.30. The van der Waals surface area contributed by atoms with E-state index in [1.54, 1.807) is 6.20 Å². The van der Waals surface area contributed by atoms with E-state index in [-0.39, 0.29) is 24.4 Å². The third kappa shape index (κ3) is 4.26. The summed E-state index contributed by atoms with van der Waals surface area (Å²) in [5.74, 6) is 1.40. The van der Waals surface area contributed by atoms with Gasteiger partial charge in [-0.2, -0.15) is 10.1 Å². The molecule has 1 aromatic carbocycles. The lowest BCUT2D eigenvalue weighted by Crippen LogP contribution is -2.24. The van der Waals surface area contributed by atoms with Crippen LogP contribution in [-0.4, -0.2) is 33.0 Å². The number of aromatic nitrogens is 4. The van der Waals surface area contributed by atoms with Gasteiger partial charge in [-0.25, -0.2) is 4.68 Å². The molecule has 6 nitrogen and oxygen atoms in total. The van der Waals surface area contributed by atoms with Gasteiger partial charge in [-0.05, 0) is 38.1 Å². The second-order valence-corrected chi connectivity index (χ2v) is 6.84. The third-order valence-electron chi connectivity index (χ3n) is 4.09. The van der Waals surface area contributed by atoms with Crippen LogP contribution in [0, 0.1) is 0 Å². The lowest BCUT2D eigenvalue weighted by Gasteiger charge is -2.11. The minimum atomic E-state index is 0. The van der Waals surface area contributed by atoms with Gasteiger partial charge in [-0.3, -0.25) is 0 Å². The van der Waals surface area contributed by atoms with Gasteiger partial charge in [0.05, 0.1) is 23.1 Å². The average molecular weight is 396 g/mol. The van der Waals surface area contributed by atoms with Crippen molar-refractivity contribution in [3.8, 4) is 17.1 Å². The zero-order valence-electron chi connectivity index (χ0n) is 15.2. The highest BCUT2D eigenvalue weighted by Crippen LogP contribution is 2.30. The van der Waals surface area contributed by atoms with Gasteiger partial charge in [0.15, 0.2) is 5.82 Å². The first-order chi connectivity index (χ1) is 12.0. The summed E-state index contributed by atoms with van der Waals surface area (Å²) in [6, 6.07) is 7.90. The second kappa shape index (κ2) is 8.66. The maximum atomic E-state index is 6.13. The molecule has 0 bridgehead atoms. The molecule has 0 fully saturated rings. The van der Waals surface area contributed by atoms with Crippen LogP contribution in [0.15, 0.2) is 35.0 Å². The van der Waals surface area contributed by atoms with E-state index in [9.17, 15) is 0 Å². The van der Waals surface area contributed by atoms with Crippen LogP contribution in [0.5, 0.6) is 0 Å². The minimum Gasteiger partial charge on any atom is -0.334 e. The van der Waals surface area contributed by atoms with Crippen LogP contribution in [0.2, 0.25) is 5.02 Å². The van der Waals surface area contributed by atoms with E-state index in [0.29, 0.717) is 23.2 Å². The number of hydrogen-bond donors (Lipinski definition) is 1. The van der Waals surface area contributed by atoms with Gasteiger partial charge in [0.2, 0.25) is 0 Å². The standard InChI is InChI=1S/C18H22ClN5O.ClH/c1-11(2)17-15(18-22-16(23-25-18)8-12(3)20-4)10-21-24(17)14-7-5-6-13(19)9-14;/h5-7,9-12,20H,8H2,1-4H3;1H. The molecule has 0 spiro atoms. The van der Waals surface area contributed by atoms with E-state index in [1.807, 2.05) is 36.0 Å². The van der Waals surface area contributed by atoms with Crippen molar-refractivity contribution in [2.24, 2.45) is 0 Å². The van der Waals surface area contributed by atoms with Crippen molar-refractivity contribution in [3.05, 3.63) is 47.0 Å². The third-order valence-corrected chi connectivity index (χ3v) is 4.32. The van der Waals surface area contributed by atoms with Crippen LogP contribution >= 0.6 is 24.0 Å². The van der Waals surface area contributed by atoms with Gasteiger partial charge in [-0.1, -0.05) is 36.7 Å². The SMILES string of the molecule is CNC(C)Cc1noc(-c2cnn(-c3cccc(Cl)c3)c2C(C)C)n1.Cl. The Morgan fingerprint density at radius 2 is 2.04 bits per heavy atom. The van der Waals surface area contributed by atoms with Gasteiger partial charge in [0, 0.05) is 17.5 Å². The Balaban J connectivity index is 0.00000243. The van der Waals surface area contributed by atoms with E-state index in [1.165, 1.54) is 0 Å². The lowest BCUT2D eigenvalue weighted by molar-refractivity contribution is 0.417. The molecule has 3 rings (SSSR count). The number of rotatable bonds is 6. The van der Waals surface area contributed by atoms with Crippen molar-refractivity contribution in [2.75, 3.05) is 7.05 Å². The summed E-state index contributed by atoms with van der Waals surface area (Å²) in [6.45, 7) is 6.30. The van der Waals surface area contributed by atoms with E-state index < -0.39 is 0 Å². The van der Waals surface area contributed by atoms with E-state index in [4.69, 9.17) is 16.1 Å². The lowest BCUT2D eigenvalue weighted by atomic mass is 10.1. The smallest absolute Gasteiger partial charge is 0.261 e. The van der Waals surface area contributed by atoms with Crippen LogP contribution in [0.3, 0.4) is 0 Å². The molecule has 0 aliphatic carbocycles. The van der Waals surface area contributed by atoms with Crippen LogP contribution in [0.4, 0.5) is 0 Å². The number of hydrogen-bond acceptors (Lipinski definition) is 5. The van der Waals surface area contributed by atoms with Gasteiger partial charge in [0.25, 0.3) is 5.89 Å². The maximum Gasteiger partial charge on any atom is 0.261 e. The van der Waals surface area contributed by atoms with E-state index >= 15 is 0 Å². The van der Waals surface area contributed by atoms with Gasteiger partial charge >= 0.3 is 0 Å². The van der Waals surface area contributed by atoms with Crippen LogP contribution < -0.4 is 5.32 Å². The molecule has 1 atom stereocenters. The Kier molecular flexibility index (Phi) is 6.81. The summed E-state index contributed by atoms with van der Waals surface area (Å²) in [7, 11) is 1.91. The average Bonchev–Trinajstić information content (AvgIpc) is 3.21. The second-order valence-electron chi connectivity index (χ2n) is 6.40. The summed E-state index contributed by atoms with van der Waals surface area (Å²) in [4.78, 5) is 4.54. The largest absolute Gasteiger partial charge is 0.334 e. The minimum absolute atomic E-state index is 0. The Morgan fingerprint density at radius 3 is 2.69 bits per heavy atom. The number of nitrogens with zero attached hydrogens (tertiary/aromatic N) is 4. The zero-order valence-corrected chi connectivity index (χ0v) is 16.8. The molecule has 140 valence electrons. The normalized spacial score (nSPS) is 12.2. The molecule has 0 amide bonds. The molecule has 2 heterocycles. The van der Waals surface area contributed by atoms with Crippen molar-refractivity contribution in [2.45, 2.75) is 39.2 Å². The quantitative estimate of drug-likeness (QED) is 0.674. The summed E-state index contributed by atoms with van der Waals surface area (Å²) in [5, 5.41) is 12.5. The number of nitrogens with one attached hydrogen (secondary N) is 1. The predicted molar refractivity (Wildman–Crippen MR) is 105 cm³/mol. The number of halogens is 2. The topological polar surface area (TPSA) is 68.8 Å². The molecule has 0 saturated heterocycles. The summed E-state index contributed by atoms with van der Waals surface area (Å²) in [5.41, 5.74) is 2.77. The molecule has 2 aromatic heterocycles. The number of likely N-dealkylation sites (N-methyl/N-ethyl adjacent to an activating group) is 1. The highest BCUT2D eigenvalue weighted by Gasteiger charge is 2.21. The summed E-state index contributed by atoms with van der Waals surface area (Å²) in [6.07, 6.45) is 2.48. The van der Waals surface area contributed by atoms with E-state index in [2.05, 4.69) is 41.3 Å². The summed E-state index contributed by atoms with van der Waals surface area (Å²) >= 11 is 6.13. The fourth-order valence-corrected chi connectivity index (χ4v) is 2.90. The van der Waals surface area contributed by atoms with Gasteiger partial charge in [0.1, 0.15) is 0 Å². The molecular weight excluding hydrogens is 373 g/mol. The molecule has 3 aromatic rings. The monoisotopic (exact) mass is 395 g/mol.